The molecule has 3 heteroatoms. The van der Waals surface area contributed by atoms with Crippen LogP contribution >= 0.6 is 12.4 Å². The SMILES string of the molecule is Cc1ccccc1CN(C)Cc1cccc2c1NCC2.Cl. The second-order valence-electron chi connectivity index (χ2n) is 5.73. The average molecular weight is 303 g/mol. The number of aryl methyl sites for hydroxylation is 1. The van der Waals surface area contributed by atoms with Crippen LogP contribution in [0, 0.1) is 6.92 Å². The zero-order valence-corrected chi connectivity index (χ0v) is 13.5. The van der Waals surface area contributed by atoms with Crippen molar-refractivity contribution in [3.63, 3.8) is 0 Å². The number of benzene rings is 2. The van der Waals surface area contributed by atoms with Gasteiger partial charge in [0.1, 0.15) is 0 Å². The van der Waals surface area contributed by atoms with E-state index in [1.165, 1.54) is 27.9 Å². The van der Waals surface area contributed by atoms with Crippen LogP contribution in [-0.4, -0.2) is 18.5 Å². The van der Waals surface area contributed by atoms with Gasteiger partial charge in [-0.05, 0) is 42.6 Å². The van der Waals surface area contributed by atoms with Crippen LogP contribution in [0.4, 0.5) is 5.69 Å². The fourth-order valence-electron chi connectivity index (χ4n) is 2.97. The number of rotatable bonds is 4. The molecule has 1 aliphatic rings. The molecule has 21 heavy (non-hydrogen) atoms. The molecule has 0 bridgehead atoms. The summed E-state index contributed by atoms with van der Waals surface area (Å²) in [7, 11) is 2.20. The third-order valence-corrected chi connectivity index (χ3v) is 4.07. The monoisotopic (exact) mass is 302 g/mol. The Hall–Kier alpha value is -1.51. The molecular formula is C18H23ClN2. The van der Waals surface area contributed by atoms with Gasteiger partial charge in [0.05, 0.1) is 0 Å². The predicted molar refractivity (Wildman–Crippen MR) is 92.2 cm³/mol. The Balaban J connectivity index is 0.00000161. The van der Waals surface area contributed by atoms with Crippen molar-refractivity contribution in [1.29, 1.82) is 0 Å². The minimum atomic E-state index is 0. The third-order valence-electron chi connectivity index (χ3n) is 4.07. The first-order chi connectivity index (χ1) is 9.74. The zero-order valence-electron chi connectivity index (χ0n) is 12.7. The van der Waals surface area contributed by atoms with Gasteiger partial charge in [0.2, 0.25) is 0 Å². The van der Waals surface area contributed by atoms with E-state index in [4.69, 9.17) is 0 Å². The molecule has 0 aromatic heterocycles. The number of nitrogens with zero attached hydrogens (tertiary/aromatic N) is 1. The van der Waals surface area contributed by atoms with Gasteiger partial charge in [0.25, 0.3) is 0 Å². The number of fused-ring (bicyclic) bond motifs is 1. The second-order valence-corrected chi connectivity index (χ2v) is 5.73. The van der Waals surface area contributed by atoms with E-state index in [0.29, 0.717) is 0 Å². The highest BCUT2D eigenvalue weighted by atomic mass is 35.5. The van der Waals surface area contributed by atoms with Gasteiger partial charge in [-0.3, -0.25) is 4.90 Å². The van der Waals surface area contributed by atoms with Crippen LogP contribution in [0.25, 0.3) is 0 Å². The molecule has 2 aromatic carbocycles. The van der Waals surface area contributed by atoms with Crippen molar-refractivity contribution in [1.82, 2.24) is 4.90 Å². The van der Waals surface area contributed by atoms with Crippen molar-refractivity contribution in [2.75, 3.05) is 18.9 Å². The molecule has 2 nitrogen and oxygen atoms in total. The first-order valence-corrected chi connectivity index (χ1v) is 7.32. The molecule has 0 fully saturated rings. The molecule has 3 rings (SSSR count). The molecular weight excluding hydrogens is 280 g/mol. The third kappa shape index (κ3) is 3.58. The maximum atomic E-state index is 3.52. The topological polar surface area (TPSA) is 15.3 Å². The largest absolute Gasteiger partial charge is 0.384 e. The lowest BCUT2D eigenvalue weighted by Gasteiger charge is -2.20. The Bertz CT molecular complexity index is 610. The Labute approximate surface area is 133 Å². The first-order valence-electron chi connectivity index (χ1n) is 7.32. The summed E-state index contributed by atoms with van der Waals surface area (Å²) in [6, 6.07) is 15.3. The van der Waals surface area contributed by atoms with Gasteiger partial charge < -0.3 is 5.32 Å². The minimum absolute atomic E-state index is 0. The highest BCUT2D eigenvalue weighted by Gasteiger charge is 2.14. The number of halogens is 1. The Morgan fingerprint density at radius 2 is 1.71 bits per heavy atom. The van der Waals surface area contributed by atoms with Crippen molar-refractivity contribution in [2.24, 2.45) is 0 Å². The van der Waals surface area contributed by atoms with E-state index in [-0.39, 0.29) is 12.4 Å². The van der Waals surface area contributed by atoms with Crippen molar-refractivity contribution in [2.45, 2.75) is 26.4 Å². The van der Waals surface area contributed by atoms with Gasteiger partial charge in [-0.15, -0.1) is 12.4 Å². The molecule has 0 amide bonds. The lowest BCUT2D eigenvalue weighted by atomic mass is 10.1. The maximum absolute atomic E-state index is 3.52. The fraction of sp³-hybridized carbons (Fsp3) is 0.333. The van der Waals surface area contributed by atoms with E-state index in [0.717, 1.165) is 26.1 Å². The molecule has 0 saturated carbocycles. The van der Waals surface area contributed by atoms with Gasteiger partial charge in [0.15, 0.2) is 0 Å². The normalized spacial score (nSPS) is 12.7. The number of hydrogen-bond acceptors (Lipinski definition) is 2. The van der Waals surface area contributed by atoms with Gasteiger partial charge >= 0.3 is 0 Å². The minimum Gasteiger partial charge on any atom is -0.384 e. The summed E-state index contributed by atoms with van der Waals surface area (Å²) < 4.78 is 0. The fourth-order valence-corrected chi connectivity index (χ4v) is 2.97. The van der Waals surface area contributed by atoms with Crippen molar-refractivity contribution >= 4 is 18.1 Å². The van der Waals surface area contributed by atoms with Crippen LogP contribution in [0.1, 0.15) is 22.3 Å². The number of anilines is 1. The van der Waals surface area contributed by atoms with Crippen LogP contribution in [0.5, 0.6) is 0 Å². The smallest absolute Gasteiger partial charge is 0.0419 e. The number of para-hydroxylation sites is 1. The summed E-state index contributed by atoms with van der Waals surface area (Å²) in [5, 5.41) is 3.52. The molecule has 0 atom stereocenters. The Kier molecular flexibility index (Phi) is 5.27. The second kappa shape index (κ2) is 6.97. The molecule has 0 spiro atoms. The van der Waals surface area contributed by atoms with E-state index in [1.54, 1.807) is 0 Å². The van der Waals surface area contributed by atoms with E-state index in [1.807, 2.05) is 0 Å². The van der Waals surface area contributed by atoms with Crippen LogP contribution in [0.3, 0.4) is 0 Å². The van der Waals surface area contributed by atoms with Gasteiger partial charge in [-0.25, -0.2) is 0 Å². The zero-order chi connectivity index (χ0) is 13.9. The molecule has 2 aromatic rings. The molecule has 1 aliphatic heterocycles. The summed E-state index contributed by atoms with van der Waals surface area (Å²) >= 11 is 0. The average Bonchev–Trinajstić information content (AvgIpc) is 2.91. The van der Waals surface area contributed by atoms with Crippen LogP contribution in [0.2, 0.25) is 0 Å². The summed E-state index contributed by atoms with van der Waals surface area (Å²) in [5.74, 6) is 0. The van der Waals surface area contributed by atoms with Crippen LogP contribution in [-0.2, 0) is 19.5 Å². The van der Waals surface area contributed by atoms with Crippen LogP contribution in [0.15, 0.2) is 42.5 Å². The summed E-state index contributed by atoms with van der Waals surface area (Å²) in [6.07, 6.45) is 1.16. The van der Waals surface area contributed by atoms with E-state index >= 15 is 0 Å². The standard InChI is InChI=1S/C18H22N2.ClH/c1-14-6-3-4-7-16(14)12-20(2)13-17-9-5-8-15-10-11-19-18(15)17;/h3-9,19H,10-13H2,1-2H3;1H. The number of hydrogen-bond donors (Lipinski definition) is 1. The predicted octanol–water partition coefficient (Wildman–Crippen LogP) is 4.02. The van der Waals surface area contributed by atoms with Crippen molar-refractivity contribution in [3.8, 4) is 0 Å². The van der Waals surface area contributed by atoms with E-state index < -0.39 is 0 Å². The molecule has 0 aliphatic carbocycles. The van der Waals surface area contributed by atoms with Crippen molar-refractivity contribution in [3.05, 3.63) is 64.7 Å². The van der Waals surface area contributed by atoms with Crippen LogP contribution < -0.4 is 5.32 Å². The highest BCUT2D eigenvalue weighted by Crippen LogP contribution is 2.27. The molecule has 1 N–H and O–H groups in total. The summed E-state index contributed by atoms with van der Waals surface area (Å²) in [5.41, 5.74) is 7.03. The quantitative estimate of drug-likeness (QED) is 0.918. The molecule has 0 unspecified atom stereocenters. The van der Waals surface area contributed by atoms with E-state index in [9.17, 15) is 0 Å². The highest BCUT2D eigenvalue weighted by molar-refractivity contribution is 5.85. The molecule has 112 valence electrons. The first kappa shape index (κ1) is 15.9. The van der Waals surface area contributed by atoms with Gasteiger partial charge in [-0.1, -0.05) is 42.5 Å². The lowest BCUT2D eigenvalue weighted by Crippen LogP contribution is -2.18. The summed E-state index contributed by atoms with van der Waals surface area (Å²) in [4.78, 5) is 2.39. The van der Waals surface area contributed by atoms with E-state index in [2.05, 4.69) is 66.7 Å². The van der Waals surface area contributed by atoms with Gasteiger partial charge in [0, 0.05) is 25.3 Å². The Morgan fingerprint density at radius 3 is 2.52 bits per heavy atom. The van der Waals surface area contributed by atoms with Gasteiger partial charge in [-0.2, -0.15) is 0 Å². The lowest BCUT2D eigenvalue weighted by molar-refractivity contribution is 0.319. The molecule has 1 heterocycles. The maximum Gasteiger partial charge on any atom is 0.0419 e. The Morgan fingerprint density at radius 1 is 1.00 bits per heavy atom. The molecule has 0 radical (unpaired) electrons. The summed E-state index contributed by atoms with van der Waals surface area (Å²) in [6.45, 7) is 5.25. The molecule has 0 saturated heterocycles. The van der Waals surface area contributed by atoms with Crippen molar-refractivity contribution < 1.29 is 0 Å². The number of nitrogens with one attached hydrogen (secondary N) is 1.